The molecule has 2 atom stereocenters. The Labute approximate surface area is 233 Å². The van der Waals surface area contributed by atoms with Gasteiger partial charge in [0.05, 0.1) is 12.5 Å². The minimum Gasteiger partial charge on any atom is -0.464 e. The fourth-order valence-electron chi connectivity index (χ4n) is 6.92. The molecule has 2 aliphatic carbocycles. The van der Waals surface area contributed by atoms with Crippen LogP contribution in [0.2, 0.25) is 0 Å². The number of unbranched alkanes of at least 4 members (excludes halogenated alkanes) is 2. The van der Waals surface area contributed by atoms with Crippen LogP contribution in [0.3, 0.4) is 0 Å². The Balaban J connectivity index is 1.44. The first kappa shape index (κ1) is 25.7. The number of benzene rings is 2. The second-order valence-corrected chi connectivity index (χ2v) is 12.0. The van der Waals surface area contributed by atoms with Crippen molar-refractivity contribution in [1.29, 1.82) is 0 Å². The maximum Gasteiger partial charge on any atom is 0.130 e. The standard InChI is InChI=1S/C37H40O2/c1-5-7-13-25-19-33(38-23-25)31-21-27-15-9-11-17-29(27)35(31)37(3,4)36-30-18-12-10-16-28(30)22-32(36)34-20-26(24-39-34)14-8-6-2/h9-12,15-24,35-36H,5-8,13-14H2,1-4H3. The van der Waals surface area contributed by atoms with Crippen LogP contribution in [-0.2, 0) is 12.8 Å². The van der Waals surface area contributed by atoms with Gasteiger partial charge in [0, 0.05) is 23.0 Å². The van der Waals surface area contributed by atoms with E-state index in [0.717, 1.165) is 24.4 Å². The molecule has 0 spiro atoms. The molecule has 0 saturated heterocycles. The maximum atomic E-state index is 6.29. The molecule has 200 valence electrons. The van der Waals surface area contributed by atoms with Gasteiger partial charge in [-0.05, 0) is 88.8 Å². The lowest BCUT2D eigenvalue weighted by atomic mass is 9.62. The van der Waals surface area contributed by atoms with Crippen LogP contribution < -0.4 is 0 Å². The lowest BCUT2D eigenvalue weighted by Gasteiger charge is -2.41. The molecule has 0 fully saturated rings. The van der Waals surface area contributed by atoms with E-state index in [2.05, 4.69) is 101 Å². The van der Waals surface area contributed by atoms with Gasteiger partial charge in [0.15, 0.2) is 0 Å². The summed E-state index contributed by atoms with van der Waals surface area (Å²) in [6, 6.07) is 22.3. The third kappa shape index (κ3) is 4.65. The molecular weight excluding hydrogens is 476 g/mol. The van der Waals surface area contributed by atoms with Crippen LogP contribution in [0.1, 0.15) is 110 Å². The van der Waals surface area contributed by atoms with Gasteiger partial charge in [-0.25, -0.2) is 0 Å². The van der Waals surface area contributed by atoms with E-state index in [1.165, 1.54) is 70.2 Å². The Bertz CT molecular complexity index is 1410. The zero-order valence-electron chi connectivity index (χ0n) is 23.8. The van der Waals surface area contributed by atoms with Gasteiger partial charge in [0.2, 0.25) is 0 Å². The van der Waals surface area contributed by atoms with Crippen molar-refractivity contribution in [3.8, 4) is 0 Å². The van der Waals surface area contributed by atoms with Crippen LogP contribution in [-0.4, -0.2) is 0 Å². The molecule has 0 bridgehead atoms. The summed E-state index contributed by atoms with van der Waals surface area (Å²) in [5.74, 6) is 2.39. The van der Waals surface area contributed by atoms with Gasteiger partial charge in [-0.2, -0.15) is 0 Å². The number of aryl methyl sites for hydroxylation is 2. The van der Waals surface area contributed by atoms with Gasteiger partial charge in [-0.1, -0.05) is 89.1 Å². The van der Waals surface area contributed by atoms with Gasteiger partial charge in [-0.3, -0.25) is 0 Å². The first-order valence-corrected chi connectivity index (χ1v) is 14.8. The highest BCUT2D eigenvalue weighted by Gasteiger charge is 2.48. The lowest BCUT2D eigenvalue weighted by Crippen LogP contribution is -2.30. The predicted molar refractivity (Wildman–Crippen MR) is 163 cm³/mol. The Hall–Kier alpha value is -3.52. The van der Waals surface area contributed by atoms with Gasteiger partial charge >= 0.3 is 0 Å². The molecule has 2 heteroatoms. The second-order valence-electron chi connectivity index (χ2n) is 12.0. The number of hydrogen-bond donors (Lipinski definition) is 0. The molecule has 2 aliphatic rings. The van der Waals surface area contributed by atoms with Crippen molar-refractivity contribution in [2.24, 2.45) is 5.41 Å². The molecule has 2 aromatic heterocycles. The topological polar surface area (TPSA) is 26.3 Å². The minimum absolute atomic E-state index is 0.149. The first-order valence-electron chi connectivity index (χ1n) is 14.8. The summed E-state index contributed by atoms with van der Waals surface area (Å²) < 4.78 is 12.6. The molecule has 39 heavy (non-hydrogen) atoms. The predicted octanol–water partition coefficient (Wildman–Crippen LogP) is 10.6. The van der Waals surface area contributed by atoms with Gasteiger partial charge in [0.25, 0.3) is 0 Å². The average Bonchev–Trinajstić information content (AvgIpc) is 3.74. The highest BCUT2D eigenvalue weighted by Crippen LogP contribution is 2.62. The molecule has 2 aromatic carbocycles. The molecule has 2 nitrogen and oxygen atoms in total. The van der Waals surface area contributed by atoms with Crippen LogP contribution >= 0.6 is 0 Å². The van der Waals surface area contributed by atoms with E-state index in [1.54, 1.807) is 0 Å². The molecule has 0 aliphatic heterocycles. The Kier molecular flexibility index (Phi) is 6.97. The lowest BCUT2D eigenvalue weighted by molar-refractivity contribution is 0.299. The monoisotopic (exact) mass is 516 g/mol. The highest BCUT2D eigenvalue weighted by atomic mass is 16.3. The summed E-state index contributed by atoms with van der Waals surface area (Å²) in [6.07, 6.45) is 15.5. The Morgan fingerprint density at radius 3 is 1.51 bits per heavy atom. The number of fused-ring (bicyclic) bond motifs is 2. The van der Waals surface area contributed by atoms with Crippen molar-refractivity contribution in [1.82, 2.24) is 0 Å². The quantitative estimate of drug-likeness (QED) is 0.209. The third-order valence-electron chi connectivity index (χ3n) is 8.86. The summed E-state index contributed by atoms with van der Waals surface area (Å²) in [5, 5.41) is 0. The van der Waals surface area contributed by atoms with E-state index in [1.807, 2.05) is 12.5 Å². The number of hydrogen-bond acceptors (Lipinski definition) is 2. The fraction of sp³-hybridized carbons (Fsp3) is 0.351. The third-order valence-corrected chi connectivity index (χ3v) is 8.86. The Morgan fingerprint density at radius 1 is 0.641 bits per heavy atom. The van der Waals surface area contributed by atoms with Gasteiger partial charge in [0.1, 0.15) is 11.5 Å². The number of rotatable bonds is 10. The van der Waals surface area contributed by atoms with Crippen LogP contribution in [0.4, 0.5) is 0 Å². The van der Waals surface area contributed by atoms with E-state index in [-0.39, 0.29) is 17.3 Å². The zero-order chi connectivity index (χ0) is 27.0. The van der Waals surface area contributed by atoms with Gasteiger partial charge < -0.3 is 8.83 Å². The minimum atomic E-state index is -0.149. The summed E-state index contributed by atoms with van der Waals surface area (Å²) in [5.41, 5.74) is 10.4. The van der Waals surface area contributed by atoms with E-state index in [0.29, 0.717) is 0 Å². The highest BCUT2D eigenvalue weighted by molar-refractivity contribution is 5.94. The maximum absolute atomic E-state index is 6.29. The summed E-state index contributed by atoms with van der Waals surface area (Å²) in [4.78, 5) is 0. The molecule has 0 amide bonds. The van der Waals surface area contributed by atoms with Crippen molar-refractivity contribution in [3.05, 3.63) is 118 Å². The second kappa shape index (κ2) is 10.6. The van der Waals surface area contributed by atoms with Crippen molar-refractivity contribution >= 4 is 23.3 Å². The SMILES string of the molecule is CCCCc1coc(C2=Cc3ccccc3C2C(C)(C)C2C(c3cc(CCCC)co3)=Cc3ccccc32)c1. The molecule has 2 unspecified atom stereocenters. The normalized spacial score (nSPS) is 18.2. The molecule has 6 rings (SSSR count). The first-order chi connectivity index (χ1) is 19.0. The summed E-state index contributed by atoms with van der Waals surface area (Å²) in [6.45, 7) is 9.37. The van der Waals surface area contributed by atoms with Crippen LogP contribution in [0.25, 0.3) is 23.3 Å². The summed E-state index contributed by atoms with van der Waals surface area (Å²) >= 11 is 0. The van der Waals surface area contributed by atoms with E-state index < -0.39 is 0 Å². The molecule has 4 aromatic rings. The molecule has 0 N–H and O–H groups in total. The Morgan fingerprint density at radius 2 is 1.08 bits per heavy atom. The van der Waals surface area contributed by atoms with E-state index in [9.17, 15) is 0 Å². The van der Waals surface area contributed by atoms with Gasteiger partial charge in [-0.15, -0.1) is 0 Å². The van der Waals surface area contributed by atoms with Crippen molar-refractivity contribution in [2.75, 3.05) is 0 Å². The molecule has 2 heterocycles. The smallest absolute Gasteiger partial charge is 0.130 e. The van der Waals surface area contributed by atoms with Crippen molar-refractivity contribution < 1.29 is 8.83 Å². The summed E-state index contributed by atoms with van der Waals surface area (Å²) in [7, 11) is 0. The van der Waals surface area contributed by atoms with Crippen LogP contribution in [0, 0.1) is 5.41 Å². The fourth-order valence-corrected chi connectivity index (χ4v) is 6.92. The number of furan rings is 2. The van der Waals surface area contributed by atoms with Crippen LogP contribution in [0.15, 0.2) is 82.0 Å². The average molecular weight is 517 g/mol. The zero-order valence-corrected chi connectivity index (χ0v) is 23.8. The largest absolute Gasteiger partial charge is 0.464 e. The molecule has 0 radical (unpaired) electrons. The number of allylic oxidation sites excluding steroid dienone is 2. The van der Waals surface area contributed by atoms with Crippen molar-refractivity contribution in [3.63, 3.8) is 0 Å². The molecular formula is C37H40O2. The van der Waals surface area contributed by atoms with E-state index >= 15 is 0 Å². The molecule has 0 saturated carbocycles. The van der Waals surface area contributed by atoms with Crippen molar-refractivity contribution in [2.45, 2.75) is 78.1 Å². The van der Waals surface area contributed by atoms with E-state index in [4.69, 9.17) is 8.83 Å². The van der Waals surface area contributed by atoms with Crippen LogP contribution in [0.5, 0.6) is 0 Å².